The molecule has 0 N–H and O–H groups in total. The zero-order chi connectivity index (χ0) is 14.9. The highest BCUT2D eigenvalue weighted by Crippen LogP contribution is 2.31. The Hall–Kier alpha value is -1.23. The van der Waals surface area contributed by atoms with Crippen LogP contribution in [0.5, 0.6) is 0 Å². The molecule has 0 radical (unpaired) electrons. The smallest absolute Gasteiger partial charge is 0.264 e. The predicted molar refractivity (Wildman–Crippen MR) is 83.2 cm³/mol. The first-order valence-corrected chi connectivity index (χ1v) is 8.02. The normalized spacial score (nSPS) is 11.4. The van der Waals surface area contributed by atoms with Gasteiger partial charge in [-0.25, -0.2) is 8.42 Å². The Morgan fingerprint density at radius 3 is 2.20 bits per heavy atom. The van der Waals surface area contributed by atoms with Crippen molar-refractivity contribution in [1.82, 2.24) is 0 Å². The summed E-state index contributed by atoms with van der Waals surface area (Å²) in [5.74, 6) is 0. The van der Waals surface area contributed by atoms with Crippen LogP contribution in [0.25, 0.3) is 0 Å². The van der Waals surface area contributed by atoms with Crippen LogP contribution in [0.1, 0.15) is 5.56 Å². The Balaban J connectivity index is 2.48. The van der Waals surface area contributed by atoms with E-state index in [2.05, 4.69) is 0 Å². The Labute approximate surface area is 128 Å². The van der Waals surface area contributed by atoms with Gasteiger partial charge in [0.15, 0.2) is 0 Å². The third-order valence-electron chi connectivity index (χ3n) is 2.93. The molecule has 0 unspecified atom stereocenters. The first-order chi connectivity index (χ1) is 9.32. The van der Waals surface area contributed by atoms with Crippen LogP contribution in [-0.4, -0.2) is 15.5 Å². The van der Waals surface area contributed by atoms with E-state index in [9.17, 15) is 8.42 Å². The molecule has 20 heavy (non-hydrogen) atoms. The van der Waals surface area contributed by atoms with Crippen molar-refractivity contribution < 1.29 is 8.42 Å². The number of benzene rings is 2. The van der Waals surface area contributed by atoms with Crippen molar-refractivity contribution in [2.24, 2.45) is 0 Å². The topological polar surface area (TPSA) is 37.4 Å². The van der Waals surface area contributed by atoms with E-state index < -0.39 is 10.0 Å². The van der Waals surface area contributed by atoms with Gasteiger partial charge in [-0.3, -0.25) is 4.31 Å². The van der Waals surface area contributed by atoms with Gasteiger partial charge in [0.25, 0.3) is 10.0 Å². The fourth-order valence-corrected chi connectivity index (χ4v) is 3.39. The third-order valence-corrected chi connectivity index (χ3v) is 5.27. The van der Waals surface area contributed by atoms with Crippen LogP contribution < -0.4 is 4.31 Å². The molecule has 0 atom stereocenters. The minimum absolute atomic E-state index is 0.210. The molecule has 0 aliphatic rings. The maximum absolute atomic E-state index is 12.5. The SMILES string of the molecule is Cc1ccc(S(=O)(=O)N(C)c2cc(Cl)ccc2Cl)cc1. The highest BCUT2D eigenvalue weighted by atomic mass is 35.5. The maximum Gasteiger partial charge on any atom is 0.264 e. The number of sulfonamides is 1. The fraction of sp³-hybridized carbons (Fsp3) is 0.143. The van der Waals surface area contributed by atoms with Crippen LogP contribution in [0, 0.1) is 6.92 Å². The number of anilines is 1. The lowest BCUT2D eigenvalue weighted by molar-refractivity contribution is 0.594. The van der Waals surface area contributed by atoms with E-state index in [1.54, 1.807) is 36.4 Å². The Bertz CT molecular complexity index is 727. The summed E-state index contributed by atoms with van der Waals surface area (Å²) < 4.78 is 26.2. The van der Waals surface area contributed by atoms with E-state index in [4.69, 9.17) is 23.2 Å². The minimum Gasteiger partial charge on any atom is -0.268 e. The lowest BCUT2D eigenvalue weighted by Gasteiger charge is -2.21. The van der Waals surface area contributed by atoms with Gasteiger partial charge in [0, 0.05) is 12.1 Å². The van der Waals surface area contributed by atoms with Crippen molar-refractivity contribution in [2.75, 3.05) is 11.4 Å². The molecular formula is C14H13Cl2NO2S. The van der Waals surface area contributed by atoms with Gasteiger partial charge >= 0.3 is 0 Å². The summed E-state index contributed by atoms with van der Waals surface area (Å²) in [6.45, 7) is 1.90. The monoisotopic (exact) mass is 329 g/mol. The van der Waals surface area contributed by atoms with E-state index in [0.29, 0.717) is 15.7 Å². The van der Waals surface area contributed by atoms with E-state index in [-0.39, 0.29) is 4.90 Å². The second-order valence-electron chi connectivity index (χ2n) is 4.38. The summed E-state index contributed by atoms with van der Waals surface area (Å²) in [6.07, 6.45) is 0. The van der Waals surface area contributed by atoms with Crippen LogP contribution in [0.3, 0.4) is 0 Å². The first kappa shape index (κ1) is 15.2. The molecule has 0 saturated heterocycles. The number of nitrogens with zero attached hydrogens (tertiary/aromatic N) is 1. The quantitative estimate of drug-likeness (QED) is 0.849. The zero-order valence-electron chi connectivity index (χ0n) is 11.0. The highest BCUT2D eigenvalue weighted by Gasteiger charge is 2.23. The number of hydrogen-bond donors (Lipinski definition) is 0. The predicted octanol–water partition coefficient (Wildman–Crippen LogP) is 4.13. The van der Waals surface area contributed by atoms with Crippen molar-refractivity contribution in [3.63, 3.8) is 0 Å². The molecule has 0 spiro atoms. The van der Waals surface area contributed by atoms with Gasteiger partial charge in [-0.05, 0) is 37.3 Å². The third kappa shape index (κ3) is 2.92. The molecule has 0 saturated carbocycles. The standard InChI is InChI=1S/C14H13Cl2NO2S/c1-10-3-6-12(7-4-10)20(18,19)17(2)14-9-11(15)5-8-13(14)16/h3-9H,1-2H3. The number of halogens is 2. The van der Waals surface area contributed by atoms with E-state index in [0.717, 1.165) is 9.87 Å². The average Bonchev–Trinajstić information content (AvgIpc) is 2.41. The van der Waals surface area contributed by atoms with Crippen LogP contribution in [-0.2, 0) is 10.0 Å². The van der Waals surface area contributed by atoms with E-state index >= 15 is 0 Å². The summed E-state index contributed by atoms with van der Waals surface area (Å²) in [5.41, 5.74) is 1.34. The summed E-state index contributed by atoms with van der Waals surface area (Å²) in [4.78, 5) is 0.210. The van der Waals surface area contributed by atoms with Gasteiger partial charge in [0.1, 0.15) is 0 Å². The number of hydrogen-bond acceptors (Lipinski definition) is 2. The summed E-state index contributed by atoms with van der Waals surface area (Å²) in [6, 6.07) is 11.3. The van der Waals surface area contributed by atoms with Crippen molar-refractivity contribution in [2.45, 2.75) is 11.8 Å². The van der Waals surface area contributed by atoms with Crippen LogP contribution in [0.2, 0.25) is 10.0 Å². The molecule has 2 aromatic rings. The summed E-state index contributed by atoms with van der Waals surface area (Å²) in [7, 11) is -2.21. The van der Waals surface area contributed by atoms with Crippen molar-refractivity contribution in [1.29, 1.82) is 0 Å². The largest absolute Gasteiger partial charge is 0.268 e. The molecule has 0 aliphatic carbocycles. The van der Waals surface area contributed by atoms with Crippen LogP contribution >= 0.6 is 23.2 Å². The van der Waals surface area contributed by atoms with E-state index in [1.807, 2.05) is 6.92 Å². The van der Waals surface area contributed by atoms with Crippen molar-refractivity contribution in [3.05, 3.63) is 58.1 Å². The first-order valence-electron chi connectivity index (χ1n) is 5.83. The molecule has 3 nitrogen and oxygen atoms in total. The molecule has 0 aliphatic heterocycles. The van der Waals surface area contributed by atoms with Crippen molar-refractivity contribution in [3.8, 4) is 0 Å². The lowest BCUT2D eigenvalue weighted by Crippen LogP contribution is -2.26. The molecule has 0 amide bonds. The molecule has 2 rings (SSSR count). The highest BCUT2D eigenvalue weighted by molar-refractivity contribution is 7.92. The molecule has 106 valence electrons. The number of aryl methyl sites for hydroxylation is 1. The molecule has 0 bridgehead atoms. The van der Waals surface area contributed by atoms with Crippen LogP contribution in [0.4, 0.5) is 5.69 Å². The molecule has 0 heterocycles. The Morgan fingerprint density at radius 1 is 1.00 bits per heavy atom. The van der Waals surface area contributed by atoms with Gasteiger partial charge in [-0.1, -0.05) is 40.9 Å². The van der Waals surface area contributed by atoms with Gasteiger partial charge in [0.05, 0.1) is 15.6 Å². The minimum atomic E-state index is -3.66. The van der Waals surface area contributed by atoms with Crippen LogP contribution in [0.15, 0.2) is 47.4 Å². The van der Waals surface area contributed by atoms with Crippen molar-refractivity contribution >= 4 is 38.9 Å². The zero-order valence-corrected chi connectivity index (χ0v) is 13.3. The summed E-state index contributed by atoms with van der Waals surface area (Å²) >= 11 is 11.9. The molecule has 0 aromatic heterocycles. The fourth-order valence-electron chi connectivity index (χ4n) is 1.72. The molecule has 0 fully saturated rings. The molecular weight excluding hydrogens is 317 g/mol. The van der Waals surface area contributed by atoms with Gasteiger partial charge in [-0.2, -0.15) is 0 Å². The maximum atomic E-state index is 12.5. The number of rotatable bonds is 3. The Kier molecular flexibility index (Phi) is 4.28. The molecule has 6 heteroatoms. The molecule has 2 aromatic carbocycles. The van der Waals surface area contributed by atoms with Gasteiger partial charge in [-0.15, -0.1) is 0 Å². The summed E-state index contributed by atoms with van der Waals surface area (Å²) in [5, 5.41) is 0.753. The lowest BCUT2D eigenvalue weighted by atomic mass is 10.2. The second-order valence-corrected chi connectivity index (χ2v) is 7.19. The Morgan fingerprint density at radius 2 is 1.60 bits per heavy atom. The van der Waals surface area contributed by atoms with E-state index in [1.165, 1.54) is 13.1 Å². The average molecular weight is 330 g/mol. The second kappa shape index (κ2) is 5.64. The van der Waals surface area contributed by atoms with Gasteiger partial charge < -0.3 is 0 Å². The van der Waals surface area contributed by atoms with Gasteiger partial charge in [0.2, 0.25) is 0 Å².